The predicted octanol–water partition coefficient (Wildman–Crippen LogP) is 25.7. The van der Waals surface area contributed by atoms with E-state index in [1.165, 1.54) is 276 Å². The highest BCUT2D eigenvalue weighted by atomic mass is 16.6. The summed E-state index contributed by atoms with van der Waals surface area (Å²) in [5.74, 6) is -0.858. The smallest absolute Gasteiger partial charge is 0.306 e. The Hall–Kier alpha value is -2.63. The van der Waals surface area contributed by atoms with Crippen LogP contribution in [0.3, 0.4) is 0 Å². The quantitative estimate of drug-likeness (QED) is 0.0261. The number of carbonyl (C=O) groups is 3. The second-order valence-corrected chi connectivity index (χ2v) is 25.2. The van der Waals surface area contributed by atoms with Gasteiger partial charge in [-0.3, -0.25) is 14.4 Å². The average molecular weight is 1160 g/mol. The van der Waals surface area contributed by atoms with Gasteiger partial charge in [0.25, 0.3) is 0 Å². The van der Waals surface area contributed by atoms with Crippen LogP contribution in [-0.2, 0) is 28.6 Å². The first-order valence-corrected chi connectivity index (χ1v) is 37.1. The van der Waals surface area contributed by atoms with E-state index in [0.717, 1.165) is 89.9 Å². The van der Waals surface area contributed by atoms with Crippen LogP contribution in [0.5, 0.6) is 0 Å². The molecule has 0 aliphatic heterocycles. The number of hydrogen-bond acceptors (Lipinski definition) is 6. The third-order valence-electron chi connectivity index (χ3n) is 16.8. The van der Waals surface area contributed by atoms with Crippen LogP contribution in [0.2, 0.25) is 0 Å². The Kier molecular flexibility index (Phi) is 69.6. The molecule has 0 fully saturated rings. The van der Waals surface area contributed by atoms with Crippen molar-refractivity contribution < 1.29 is 28.6 Å². The van der Waals surface area contributed by atoms with Crippen molar-refractivity contribution in [3.8, 4) is 0 Å². The molecule has 486 valence electrons. The standard InChI is InChI=1S/C77H142O6/c1-4-7-10-13-16-19-22-25-27-29-31-33-35-36-37-38-39-40-42-43-45-47-49-52-55-58-61-64-67-70-76(79)82-73-74(72-81-75(78)69-66-63-60-57-54-51-24-21-18-15-12-9-6-3)83-77(80)71-68-65-62-59-56-53-50-48-46-44-41-34-32-30-28-26-23-20-17-14-11-8-5-2/h12,15,21-22,24-25,29,31,74H,4-11,13-14,16-20,23,26-28,30,32-73H2,1-3H3/b15-12-,24-21-,25-22-,31-29-. The first-order chi connectivity index (χ1) is 41.0. The Morgan fingerprint density at radius 2 is 0.458 bits per heavy atom. The topological polar surface area (TPSA) is 78.9 Å². The lowest BCUT2D eigenvalue weighted by Gasteiger charge is -2.18. The number of rotatable bonds is 69. The van der Waals surface area contributed by atoms with Crippen molar-refractivity contribution in [1.29, 1.82) is 0 Å². The maximum Gasteiger partial charge on any atom is 0.306 e. The van der Waals surface area contributed by atoms with Crippen molar-refractivity contribution in [3.63, 3.8) is 0 Å². The molecule has 1 unspecified atom stereocenters. The molecule has 6 heteroatoms. The predicted molar refractivity (Wildman–Crippen MR) is 362 cm³/mol. The van der Waals surface area contributed by atoms with Gasteiger partial charge in [0, 0.05) is 19.3 Å². The lowest BCUT2D eigenvalue weighted by molar-refractivity contribution is -0.167. The molecular formula is C77H142O6. The first kappa shape index (κ1) is 80.4. The molecule has 0 aromatic rings. The number of hydrogen-bond donors (Lipinski definition) is 0. The SMILES string of the molecule is CCC/C=C\C/C=C\CCCCCCCC(=O)OCC(COC(=O)CCCCCCCCCCCCCCCCCCC/C=C\C/C=C\CCCCCCC)OC(=O)CCCCCCCCCCCCCCCCCCCCCCCCC. The van der Waals surface area contributed by atoms with Crippen LogP contribution in [0, 0.1) is 0 Å². The average Bonchev–Trinajstić information content (AvgIpc) is 3.49. The summed E-state index contributed by atoms with van der Waals surface area (Å²) in [6, 6.07) is 0. The van der Waals surface area contributed by atoms with Crippen LogP contribution in [0.25, 0.3) is 0 Å². The summed E-state index contributed by atoms with van der Waals surface area (Å²) in [5, 5.41) is 0. The summed E-state index contributed by atoms with van der Waals surface area (Å²) < 4.78 is 17.0. The summed E-state index contributed by atoms with van der Waals surface area (Å²) in [7, 11) is 0. The number of ether oxygens (including phenoxy) is 3. The van der Waals surface area contributed by atoms with Crippen LogP contribution in [-0.4, -0.2) is 37.2 Å². The maximum atomic E-state index is 13.0. The minimum Gasteiger partial charge on any atom is -0.462 e. The molecule has 0 saturated heterocycles. The van der Waals surface area contributed by atoms with Gasteiger partial charge in [-0.1, -0.05) is 358 Å². The highest BCUT2D eigenvalue weighted by molar-refractivity contribution is 5.71. The highest BCUT2D eigenvalue weighted by Gasteiger charge is 2.19. The summed E-state index contributed by atoms with van der Waals surface area (Å²) in [6.07, 6.45) is 91.6. The molecule has 1 atom stereocenters. The normalized spacial score (nSPS) is 12.3. The zero-order chi connectivity index (χ0) is 59.9. The van der Waals surface area contributed by atoms with Gasteiger partial charge >= 0.3 is 17.9 Å². The van der Waals surface area contributed by atoms with Crippen molar-refractivity contribution >= 4 is 17.9 Å². The van der Waals surface area contributed by atoms with Crippen molar-refractivity contribution in [2.24, 2.45) is 0 Å². The molecule has 0 amide bonds. The van der Waals surface area contributed by atoms with Gasteiger partial charge in [0.1, 0.15) is 13.2 Å². The van der Waals surface area contributed by atoms with Crippen LogP contribution in [0.15, 0.2) is 48.6 Å². The van der Waals surface area contributed by atoms with E-state index >= 15 is 0 Å². The largest absolute Gasteiger partial charge is 0.462 e. The molecule has 0 saturated carbocycles. The van der Waals surface area contributed by atoms with Gasteiger partial charge in [-0.15, -0.1) is 0 Å². The van der Waals surface area contributed by atoms with Crippen molar-refractivity contribution in [2.75, 3.05) is 13.2 Å². The van der Waals surface area contributed by atoms with Crippen molar-refractivity contribution in [3.05, 3.63) is 48.6 Å². The Balaban J connectivity index is 4.19. The molecule has 0 aromatic heterocycles. The summed E-state index contributed by atoms with van der Waals surface area (Å²) in [6.45, 7) is 6.63. The summed E-state index contributed by atoms with van der Waals surface area (Å²) in [5.41, 5.74) is 0. The van der Waals surface area contributed by atoms with E-state index in [9.17, 15) is 14.4 Å². The van der Waals surface area contributed by atoms with Crippen molar-refractivity contribution in [2.45, 2.75) is 412 Å². The monoisotopic (exact) mass is 1160 g/mol. The number of allylic oxidation sites excluding steroid dienone is 8. The number of unbranched alkanes of at least 4 members (excludes halogenated alkanes) is 50. The van der Waals surface area contributed by atoms with Crippen molar-refractivity contribution in [1.82, 2.24) is 0 Å². The minimum atomic E-state index is -0.777. The van der Waals surface area contributed by atoms with Crippen LogP contribution in [0.4, 0.5) is 0 Å². The second kappa shape index (κ2) is 71.8. The zero-order valence-corrected chi connectivity index (χ0v) is 56.0. The van der Waals surface area contributed by atoms with Gasteiger partial charge in [0.15, 0.2) is 6.10 Å². The number of carbonyl (C=O) groups excluding carboxylic acids is 3. The lowest BCUT2D eigenvalue weighted by Crippen LogP contribution is -2.30. The van der Waals surface area contributed by atoms with Crippen LogP contribution in [0.1, 0.15) is 406 Å². The van der Waals surface area contributed by atoms with E-state index in [0.29, 0.717) is 19.3 Å². The van der Waals surface area contributed by atoms with Crippen LogP contribution < -0.4 is 0 Å². The van der Waals surface area contributed by atoms with Crippen LogP contribution >= 0.6 is 0 Å². The fraction of sp³-hybridized carbons (Fsp3) is 0.857. The Morgan fingerprint density at radius 3 is 0.711 bits per heavy atom. The van der Waals surface area contributed by atoms with Gasteiger partial charge in [-0.2, -0.15) is 0 Å². The fourth-order valence-corrected chi connectivity index (χ4v) is 11.2. The Labute approximate surface area is 518 Å². The molecule has 0 spiro atoms. The molecule has 0 radical (unpaired) electrons. The molecule has 0 N–H and O–H groups in total. The van der Waals surface area contributed by atoms with Gasteiger partial charge in [0.2, 0.25) is 0 Å². The zero-order valence-electron chi connectivity index (χ0n) is 56.0. The molecule has 83 heavy (non-hydrogen) atoms. The Bertz CT molecular complexity index is 1430. The van der Waals surface area contributed by atoms with Gasteiger partial charge in [-0.05, 0) is 77.0 Å². The van der Waals surface area contributed by atoms with E-state index in [2.05, 4.69) is 69.4 Å². The Morgan fingerprint density at radius 1 is 0.241 bits per heavy atom. The van der Waals surface area contributed by atoms with E-state index in [1.54, 1.807) is 0 Å². The fourth-order valence-electron chi connectivity index (χ4n) is 11.2. The molecule has 6 nitrogen and oxygen atoms in total. The third kappa shape index (κ3) is 70.0. The molecule has 0 bridgehead atoms. The molecule has 0 rings (SSSR count). The highest BCUT2D eigenvalue weighted by Crippen LogP contribution is 2.19. The summed E-state index contributed by atoms with van der Waals surface area (Å²) in [4.78, 5) is 38.5. The van der Waals surface area contributed by atoms with E-state index in [4.69, 9.17) is 14.2 Å². The van der Waals surface area contributed by atoms with E-state index < -0.39 is 6.10 Å². The first-order valence-electron chi connectivity index (χ1n) is 37.1. The molecule has 0 aliphatic rings. The van der Waals surface area contributed by atoms with Gasteiger partial charge < -0.3 is 14.2 Å². The van der Waals surface area contributed by atoms with E-state index in [-0.39, 0.29) is 31.1 Å². The molecular weight excluding hydrogens is 1020 g/mol. The molecule has 0 aliphatic carbocycles. The lowest BCUT2D eigenvalue weighted by atomic mass is 10.0. The van der Waals surface area contributed by atoms with E-state index in [1.807, 2.05) is 0 Å². The number of esters is 3. The third-order valence-corrected chi connectivity index (χ3v) is 16.8. The molecule has 0 heterocycles. The summed E-state index contributed by atoms with van der Waals surface area (Å²) >= 11 is 0. The molecule has 0 aromatic carbocycles. The second-order valence-electron chi connectivity index (χ2n) is 25.2. The minimum absolute atomic E-state index is 0.0724. The maximum absolute atomic E-state index is 13.0. The van der Waals surface area contributed by atoms with Gasteiger partial charge in [0.05, 0.1) is 0 Å². The van der Waals surface area contributed by atoms with Gasteiger partial charge in [-0.25, -0.2) is 0 Å².